The van der Waals surface area contributed by atoms with Crippen molar-refractivity contribution in [2.24, 2.45) is 0 Å². The molecule has 2 heterocycles. The molecule has 2 fully saturated rings. The van der Waals surface area contributed by atoms with Crippen LogP contribution in [0, 0.1) is 5.82 Å². The number of hydrogen-bond acceptors (Lipinski definition) is 5. The number of nitrogens with zero attached hydrogens (tertiary/aromatic N) is 3. The minimum Gasteiger partial charge on any atom is -0.338 e. The summed E-state index contributed by atoms with van der Waals surface area (Å²) in [7, 11) is 0. The van der Waals surface area contributed by atoms with Gasteiger partial charge in [-0.15, -0.1) is 0 Å². The van der Waals surface area contributed by atoms with E-state index in [1.165, 1.54) is 44.2 Å². The monoisotopic (exact) mass is 330 g/mol. The molecule has 0 bridgehead atoms. The summed E-state index contributed by atoms with van der Waals surface area (Å²) in [5, 5.41) is 7.62. The Hall–Kier alpha value is -1.79. The minimum absolute atomic E-state index is 0.237. The lowest BCUT2D eigenvalue weighted by Gasteiger charge is -2.49. The van der Waals surface area contributed by atoms with Crippen molar-refractivity contribution >= 4 is 0 Å². The molecule has 0 amide bonds. The third-order valence-corrected chi connectivity index (χ3v) is 5.36. The van der Waals surface area contributed by atoms with Gasteiger partial charge in [-0.2, -0.15) is 4.98 Å². The molecular weight excluding hydrogens is 307 g/mol. The fourth-order valence-corrected chi connectivity index (χ4v) is 4.03. The largest absolute Gasteiger partial charge is 0.338 e. The van der Waals surface area contributed by atoms with Crippen LogP contribution in [0.25, 0.3) is 11.4 Å². The topological polar surface area (TPSA) is 54.2 Å². The highest BCUT2D eigenvalue weighted by atomic mass is 19.1. The minimum atomic E-state index is -0.262. The van der Waals surface area contributed by atoms with E-state index >= 15 is 0 Å². The number of halogens is 1. The van der Waals surface area contributed by atoms with Crippen LogP contribution in [-0.2, 0) is 6.54 Å². The van der Waals surface area contributed by atoms with E-state index in [-0.39, 0.29) is 11.4 Å². The van der Waals surface area contributed by atoms with Crippen LogP contribution >= 0.6 is 0 Å². The Morgan fingerprint density at radius 2 is 1.96 bits per heavy atom. The highest BCUT2D eigenvalue weighted by Crippen LogP contribution is 2.35. The van der Waals surface area contributed by atoms with Gasteiger partial charge in [-0.25, -0.2) is 4.39 Å². The van der Waals surface area contributed by atoms with Crippen molar-refractivity contribution in [1.82, 2.24) is 20.4 Å². The van der Waals surface area contributed by atoms with Crippen LogP contribution in [0.2, 0.25) is 0 Å². The lowest BCUT2D eigenvalue weighted by atomic mass is 9.79. The number of piperazine rings is 1. The molecule has 24 heavy (non-hydrogen) atoms. The van der Waals surface area contributed by atoms with Gasteiger partial charge in [-0.1, -0.05) is 24.4 Å². The Bertz CT molecular complexity index is 670. The van der Waals surface area contributed by atoms with Crippen molar-refractivity contribution in [2.75, 3.05) is 19.6 Å². The van der Waals surface area contributed by atoms with E-state index in [0.29, 0.717) is 18.3 Å². The zero-order valence-corrected chi connectivity index (χ0v) is 13.8. The molecule has 4 rings (SSSR count). The maximum absolute atomic E-state index is 13.0. The molecule has 1 saturated carbocycles. The second kappa shape index (κ2) is 6.61. The first kappa shape index (κ1) is 15.7. The predicted octanol–water partition coefficient (Wildman–Crippen LogP) is 2.98. The lowest BCUT2D eigenvalue weighted by Crippen LogP contribution is -2.61. The molecule has 0 atom stereocenters. The fourth-order valence-electron chi connectivity index (χ4n) is 4.03. The molecule has 1 aromatic heterocycles. The van der Waals surface area contributed by atoms with Crippen molar-refractivity contribution < 1.29 is 8.91 Å². The van der Waals surface area contributed by atoms with Gasteiger partial charge in [-0.3, -0.25) is 4.90 Å². The second-order valence-corrected chi connectivity index (χ2v) is 6.90. The molecule has 128 valence electrons. The van der Waals surface area contributed by atoms with Gasteiger partial charge in [0.25, 0.3) is 0 Å². The van der Waals surface area contributed by atoms with Crippen molar-refractivity contribution in [3.63, 3.8) is 0 Å². The summed E-state index contributed by atoms with van der Waals surface area (Å²) in [4.78, 5) is 7.04. The molecule has 1 aromatic carbocycles. The Morgan fingerprint density at radius 1 is 1.17 bits per heavy atom. The second-order valence-electron chi connectivity index (χ2n) is 6.90. The normalized spacial score (nSPS) is 21.2. The number of hydrogen-bond donors (Lipinski definition) is 1. The average Bonchev–Trinajstić information content (AvgIpc) is 3.07. The van der Waals surface area contributed by atoms with Gasteiger partial charge in [0.05, 0.1) is 6.54 Å². The Kier molecular flexibility index (Phi) is 4.33. The standard InChI is InChI=1S/C18H23FN4O/c19-15-6-4-14(5-7-15)17-21-16(24-22-17)12-23-11-10-20-13-18(23)8-2-1-3-9-18/h4-7,20H,1-3,8-13H2. The number of aromatic nitrogens is 2. The summed E-state index contributed by atoms with van der Waals surface area (Å²) >= 11 is 0. The zero-order valence-electron chi connectivity index (χ0n) is 13.8. The van der Waals surface area contributed by atoms with Gasteiger partial charge in [-0.05, 0) is 37.1 Å². The van der Waals surface area contributed by atoms with E-state index < -0.39 is 0 Å². The van der Waals surface area contributed by atoms with Gasteiger partial charge in [0.2, 0.25) is 11.7 Å². The van der Waals surface area contributed by atoms with Crippen molar-refractivity contribution in [2.45, 2.75) is 44.2 Å². The summed E-state index contributed by atoms with van der Waals surface area (Å²) in [6, 6.07) is 6.19. The summed E-state index contributed by atoms with van der Waals surface area (Å²) in [5.74, 6) is 0.904. The Balaban J connectivity index is 1.51. The van der Waals surface area contributed by atoms with Crippen molar-refractivity contribution in [1.29, 1.82) is 0 Å². The smallest absolute Gasteiger partial charge is 0.241 e. The van der Waals surface area contributed by atoms with Gasteiger partial charge in [0.15, 0.2) is 0 Å². The Labute approximate surface area is 141 Å². The van der Waals surface area contributed by atoms with E-state index in [2.05, 4.69) is 20.4 Å². The maximum Gasteiger partial charge on any atom is 0.241 e. The molecule has 2 aromatic rings. The zero-order chi connectivity index (χ0) is 16.4. The van der Waals surface area contributed by atoms with E-state index in [4.69, 9.17) is 4.52 Å². The highest BCUT2D eigenvalue weighted by molar-refractivity contribution is 5.53. The van der Waals surface area contributed by atoms with Crippen LogP contribution in [0.5, 0.6) is 0 Å². The molecule has 1 saturated heterocycles. The van der Waals surface area contributed by atoms with Crippen LogP contribution < -0.4 is 5.32 Å². The lowest BCUT2D eigenvalue weighted by molar-refractivity contribution is 0.0135. The molecule has 1 spiro atoms. The molecule has 1 aliphatic carbocycles. The van der Waals surface area contributed by atoms with Crippen LogP contribution in [0.15, 0.2) is 28.8 Å². The third kappa shape index (κ3) is 3.08. The number of benzene rings is 1. The molecule has 0 unspecified atom stereocenters. The molecule has 0 radical (unpaired) electrons. The maximum atomic E-state index is 13.0. The predicted molar refractivity (Wildman–Crippen MR) is 88.8 cm³/mol. The molecular formula is C18H23FN4O. The molecule has 2 aliphatic rings. The van der Waals surface area contributed by atoms with Gasteiger partial charge in [0, 0.05) is 30.7 Å². The SMILES string of the molecule is Fc1ccc(-c2noc(CN3CCNCC34CCCCC4)n2)cc1. The molecule has 6 heteroatoms. The van der Waals surface area contributed by atoms with Crippen LogP contribution in [0.4, 0.5) is 4.39 Å². The van der Waals surface area contributed by atoms with E-state index in [9.17, 15) is 4.39 Å². The van der Waals surface area contributed by atoms with Gasteiger partial charge < -0.3 is 9.84 Å². The quantitative estimate of drug-likeness (QED) is 0.938. The Morgan fingerprint density at radius 3 is 2.75 bits per heavy atom. The highest BCUT2D eigenvalue weighted by Gasteiger charge is 2.40. The van der Waals surface area contributed by atoms with Crippen LogP contribution in [-0.4, -0.2) is 40.2 Å². The third-order valence-electron chi connectivity index (χ3n) is 5.36. The fraction of sp³-hybridized carbons (Fsp3) is 0.556. The van der Waals surface area contributed by atoms with E-state index in [1.54, 1.807) is 12.1 Å². The van der Waals surface area contributed by atoms with Crippen molar-refractivity contribution in [3.8, 4) is 11.4 Å². The number of rotatable bonds is 3. The van der Waals surface area contributed by atoms with E-state index in [0.717, 1.165) is 25.2 Å². The van der Waals surface area contributed by atoms with Crippen LogP contribution in [0.3, 0.4) is 0 Å². The van der Waals surface area contributed by atoms with E-state index in [1.807, 2.05) is 0 Å². The van der Waals surface area contributed by atoms with Crippen LogP contribution in [0.1, 0.15) is 38.0 Å². The summed E-state index contributed by atoms with van der Waals surface area (Å²) in [5.41, 5.74) is 1.01. The molecule has 5 nitrogen and oxygen atoms in total. The first-order chi connectivity index (χ1) is 11.8. The first-order valence-electron chi connectivity index (χ1n) is 8.80. The summed E-state index contributed by atoms with van der Waals surface area (Å²) < 4.78 is 18.5. The van der Waals surface area contributed by atoms with Gasteiger partial charge >= 0.3 is 0 Å². The summed E-state index contributed by atoms with van der Waals surface area (Å²) in [6.07, 6.45) is 6.40. The summed E-state index contributed by atoms with van der Waals surface area (Å²) in [6.45, 7) is 3.75. The first-order valence-corrected chi connectivity index (χ1v) is 8.80. The molecule has 1 aliphatic heterocycles. The average molecular weight is 330 g/mol. The van der Waals surface area contributed by atoms with Gasteiger partial charge in [0.1, 0.15) is 5.82 Å². The van der Waals surface area contributed by atoms with Crippen molar-refractivity contribution in [3.05, 3.63) is 36.0 Å². The number of nitrogens with one attached hydrogen (secondary N) is 1. The molecule has 1 N–H and O–H groups in total.